The summed E-state index contributed by atoms with van der Waals surface area (Å²) < 4.78 is 39.6. The largest absolute Gasteiger partial charge is 0.490 e. The number of hydrogen-bond acceptors (Lipinski definition) is 5. The first kappa shape index (κ1) is 21.6. The van der Waals surface area contributed by atoms with Gasteiger partial charge < -0.3 is 14.4 Å². The van der Waals surface area contributed by atoms with Gasteiger partial charge >= 0.3 is 0 Å². The normalized spacial score (nSPS) is 15.6. The monoisotopic (exact) mass is 444 g/mol. The van der Waals surface area contributed by atoms with E-state index in [0.717, 1.165) is 29.7 Å². The molecule has 0 saturated heterocycles. The molecule has 0 bridgehead atoms. The number of amides is 1. The zero-order valence-corrected chi connectivity index (χ0v) is 18.7. The standard InChI is InChI=1S/C23H28N2O5S/c1-3-29-21-10-5-16(13-22(21)30-4-2)15-24-31(27,28)19-8-9-20-18(14-19)11-12-25(20)23(26)17-6-7-17/h5,8-10,13-14,17,24H,3-4,6-7,11-12,15H2,1-2H3. The molecule has 7 nitrogen and oxygen atoms in total. The van der Waals surface area contributed by atoms with E-state index < -0.39 is 10.0 Å². The fourth-order valence-corrected chi connectivity index (χ4v) is 4.86. The van der Waals surface area contributed by atoms with E-state index in [9.17, 15) is 13.2 Å². The maximum atomic E-state index is 12.9. The molecule has 166 valence electrons. The number of carbonyl (C=O) groups excluding carboxylic acids is 1. The fourth-order valence-electron chi connectivity index (χ4n) is 3.79. The van der Waals surface area contributed by atoms with Crippen LogP contribution in [0.15, 0.2) is 41.3 Å². The Hall–Kier alpha value is -2.58. The number of benzene rings is 2. The van der Waals surface area contributed by atoms with Crippen LogP contribution in [0.25, 0.3) is 0 Å². The van der Waals surface area contributed by atoms with Gasteiger partial charge in [0.05, 0.1) is 18.1 Å². The highest BCUT2D eigenvalue weighted by Gasteiger charge is 2.36. The second kappa shape index (κ2) is 8.88. The average Bonchev–Trinajstić information content (AvgIpc) is 3.52. The van der Waals surface area contributed by atoms with Crippen LogP contribution in [0, 0.1) is 5.92 Å². The summed E-state index contributed by atoms with van der Waals surface area (Å²) in [5.74, 6) is 1.54. The molecule has 0 unspecified atom stereocenters. The first-order valence-electron chi connectivity index (χ1n) is 10.8. The SMILES string of the molecule is CCOc1ccc(CNS(=O)(=O)c2ccc3c(c2)CCN3C(=O)C2CC2)cc1OCC. The van der Waals surface area contributed by atoms with E-state index in [0.29, 0.717) is 37.7 Å². The lowest BCUT2D eigenvalue weighted by molar-refractivity contribution is -0.119. The predicted octanol–water partition coefficient (Wildman–Crippen LogP) is 3.26. The summed E-state index contributed by atoms with van der Waals surface area (Å²) in [5, 5.41) is 0. The second-order valence-electron chi connectivity index (χ2n) is 7.78. The molecule has 0 atom stereocenters. The average molecular weight is 445 g/mol. The molecule has 0 aromatic heterocycles. The Bertz CT molecular complexity index is 1080. The first-order valence-corrected chi connectivity index (χ1v) is 12.2. The fraction of sp³-hybridized carbons (Fsp3) is 0.435. The Kier molecular flexibility index (Phi) is 6.20. The van der Waals surface area contributed by atoms with Crippen LogP contribution in [0.4, 0.5) is 5.69 Å². The van der Waals surface area contributed by atoms with Crippen molar-refractivity contribution >= 4 is 21.6 Å². The number of hydrogen-bond donors (Lipinski definition) is 1. The third-order valence-electron chi connectivity index (χ3n) is 5.52. The Morgan fingerprint density at radius 1 is 1.06 bits per heavy atom. The van der Waals surface area contributed by atoms with Crippen LogP contribution in [0.3, 0.4) is 0 Å². The molecular weight excluding hydrogens is 416 g/mol. The van der Waals surface area contributed by atoms with Crippen LogP contribution >= 0.6 is 0 Å². The van der Waals surface area contributed by atoms with E-state index in [-0.39, 0.29) is 23.3 Å². The van der Waals surface area contributed by atoms with Gasteiger partial charge in [-0.2, -0.15) is 0 Å². The van der Waals surface area contributed by atoms with E-state index >= 15 is 0 Å². The maximum absolute atomic E-state index is 12.9. The number of nitrogens with one attached hydrogen (secondary N) is 1. The lowest BCUT2D eigenvalue weighted by Gasteiger charge is -2.17. The molecule has 2 aromatic rings. The number of ether oxygens (including phenoxy) is 2. The molecule has 0 spiro atoms. The zero-order chi connectivity index (χ0) is 22.0. The maximum Gasteiger partial charge on any atom is 0.240 e. The minimum absolute atomic E-state index is 0.137. The van der Waals surface area contributed by atoms with Gasteiger partial charge in [-0.3, -0.25) is 4.79 Å². The van der Waals surface area contributed by atoms with Gasteiger partial charge in [0.1, 0.15) is 0 Å². The van der Waals surface area contributed by atoms with Gasteiger partial charge in [-0.25, -0.2) is 13.1 Å². The van der Waals surface area contributed by atoms with E-state index in [1.807, 2.05) is 19.9 Å². The van der Waals surface area contributed by atoms with E-state index in [1.54, 1.807) is 35.2 Å². The highest BCUT2D eigenvalue weighted by atomic mass is 32.2. The van der Waals surface area contributed by atoms with Crippen molar-refractivity contribution in [2.45, 2.75) is 44.6 Å². The number of nitrogens with zero attached hydrogens (tertiary/aromatic N) is 1. The van der Waals surface area contributed by atoms with Crippen molar-refractivity contribution in [2.75, 3.05) is 24.7 Å². The number of anilines is 1. The van der Waals surface area contributed by atoms with Crippen LogP contribution < -0.4 is 19.1 Å². The molecule has 2 aliphatic rings. The first-order chi connectivity index (χ1) is 14.9. The van der Waals surface area contributed by atoms with Crippen LogP contribution in [-0.4, -0.2) is 34.1 Å². The van der Waals surface area contributed by atoms with Gasteiger partial charge in [0.15, 0.2) is 11.5 Å². The molecule has 1 aliphatic carbocycles. The van der Waals surface area contributed by atoms with Crippen molar-refractivity contribution < 1.29 is 22.7 Å². The summed E-state index contributed by atoms with van der Waals surface area (Å²) in [5.41, 5.74) is 2.51. The van der Waals surface area contributed by atoms with Gasteiger partial charge in [0, 0.05) is 24.7 Å². The molecule has 1 saturated carbocycles. The highest BCUT2D eigenvalue weighted by molar-refractivity contribution is 7.89. The van der Waals surface area contributed by atoms with Gasteiger partial charge in [0.25, 0.3) is 0 Å². The molecule has 1 fully saturated rings. The highest BCUT2D eigenvalue weighted by Crippen LogP contribution is 2.37. The molecule has 0 radical (unpaired) electrons. The molecule has 4 rings (SSSR count). The number of fused-ring (bicyclic) bond motifs is 1. The van der Waals surface area contributed by atoms with Crippen molar-refractivity contribution in [1.29, 1.82) is 0 Å². The van der Waals surface area contributed by atoms with Crippen molar-refractivity contribution in [1.82, 2.24) is 4.72 Å². The minimum Gasteiger partial charge on any atom is -0.490 e. The van der Waals surface area contributed by atoms with E-state index in [2.05, 4.69) is 4.72 Å². The minimum atomic E-state index is -3.69. The number of sulfonamides is 1. The number of carbonyl (C=O) groups is 1. The Morgan fingerprint density at radius 3 is 2.52 bits per heavy atom. The molecule has 1 N–H and O–H groups in total. The Balaban J connectivity index is 1.47. The molecule has 31 heavy (non-hydrogen) atoms. The van der Waals surface area contributed by atoms with Crippen LogP contribution in [0.5, 0.6) is 11.5 Å². The molecular formula is C23H28N2O5S. The Morgan fingerprint density at radius 2 is 1.81 bits per heavy atom. The summed E-state index contributed by atoms with van der Waals surface area (Å²) in [4.78, 5) is 14.4. The summed E-state index contributed by atoms with van der Waals surface area (Å²) in [6.45, 7) is 5.55. The molecule has 1 aliphatic heterocycles. The zero-order valence-electron chi connectivity index (χ0n) is 17.9. The van der Waals surface area contributed by atoms with Crippen molar-refractivity contribution in [3.05, 3.63) is 47.5 Å². The summed E-state index contributed by atoms with van der Waals surface area (Å²) in [6.07, 6.45) is 2.59. The van der Waals surface area contributed by atoms with Crippen LogP contribution in [0.2, 0.25) is 0 Å². The van der Waals surface area contributed by atoms with Gasteiger partial charge in [0.2, 0.25) is 15.9 Å². The number of rotatable bonds is 9. The van der Waals surface area contributed by atoms with Gasteiger partial charge in [-0.15, -0.1) is 0 Å². The van der Waals surface area contributed by atoms with Crippen LogP contribution in [0.1, 0.15) is 37.8 Å². The third kappa shape index (κ3) is 4.70. The molecule has 8 heteroatoms. The third-order valence-corrected chi connectivity index (χ3v) is 6.92. The summed E-state index contributed by atoms with van der Waals surface area (Å²) in [7, 11) is -3.69. The smallest absolute Gasteiger partial charge is 0.240 e. The molecule has 2 aromatic carbocycles. The topological polar surface area (TPSA) is 84.9 Å². The lowest BCUT2D eigenvalue weighted by Crippen LogP contribution is -2.30. The van der Waals surface area contributed by atoms with Crippen molar-refractivity contribution in [3.8, 4) is 11.5 Å². The summed E-state index contributed by atoms with van der Waals surface area (Å²) >= 11 is 0. The van der Waals surface area contributed by atoms with Crippen molar-refractivity contribution in [2.24, 2.45) is 5.92 Å². The Labute approximate surface area is 183 Å². The second-order valence-corrected chi connectivity index (χ2v) is 9.54. The predicted molar refractivity (Wildman–Crippen MR) is 118 cm³/mol. The van der Waals surface area contributed by atoms with Crippen molar-refractivity contribution in [3.63, 3.8) is 0 Å². The van der Waals surface area contributed by atoms with Crippen LogP contribution in [-0.2, 0) is 27.8 Å². The summed E-state index contributed by atoms with van der Waals surface area (Å²) in [6, 6.07) is 10.4. The quantitative estimate of drug-likeness (QED) is 0.642. The van der Waals surface area contributed by atoms with E-state index in [4.69, 9.17) is 9.47 Å². The molecule has 1 amide bonds. The lowest BCUT2D eigenvalue weighted by atomic mass is 10.2. The van der Waals surface area contributed by atoms with Gasteiger partial charge in [-0.1, -0.05) is 6.07 Å². The molecule has 1 heterocycles. The van der Waals surface area contributed by atoms with Gasteiger partial charge in [-0.05, 0) is 74.6 Å². The van der Waals surface area contributed by atoms with E-state index in [1.165, 1.54) is 0 Å².